The first-order chi connectivity index (χ1) is 8.66. The number of aliphatic carboxylic acids is 1. The summed E-state index contributed by atoms with van der Waals surface area (Å²) in [7, 11) is 0. The molecule has 5 nitrogen and oxygen atoms in total. The van der Waals surface area contributed by atoms with Crippen molar-refractivity contribution in [2.45, 2.75) is 25.4 Å². The molecule has 1 aromatic rings. The van der Waals surface area contributed by atoms with Crippen molar-refractivity contribution in [2.75, 3.05) is 13.2 Å². The van der Waals surface area contributed by atoms with Crippen LogP contribution in [0.25, 0.3) is 0 Å². The second-order valence-electron chi connectivity index (χ2n) is 4.27. The molecule has 1 N–H and O–H groups in total. The van der Waals surface area contributed by atoms with Crippen LogP contribution in [0.2, 0.25) is 0 Å². The maximum absolute atomic E-state index is 11.9. The van der Waals surface area contributed by atoms with Gasteiger partial charge in [-0.1, -0.05) is 0 Å². The van der Waals surface area contributed by atoms with Crippen LogP contribution in [0.5, 0.6) is 0 Å². The third-order valence-electron chi connectivity index (χ3n) is 2.69. The van der Waals surface area contributed by atoms with Crippen molar-refractivity contribution in [1.29, 1.82) is 0 Å². The molecule has 1 fully saturated rings. The maximum atomic E-state index is 11.9. The van der Waals surface area contributed by atoms with Gasteiger partial charge in [-0.2, -0.15) is 11.3 Å². The summed E-state index contributed by atoms with van der Waals surface area (Å²) in [5.41, 5.74) is 1.11. The molecule has 1 aromatic heterocycles. The van der Waals surface area contributed by atoms with Crippen LogP contribution in [0.4, 0.5) is 0 Å². The van der Waals surface area contributed by atoms with E-state index < -0.39 is 12.6 Å². The van der Waals surface area contributed by atoms with Crippen molar-refractivity contribution < 1.29 is 19.4 Å². The largest absolute Gasteiger partial charge is 0.480 e. The molecule has 98 valence electrons. The Labute approximate surface area is 109 Å². The van der Waals surface area contributed by atoms with Gasteiger partial charge in [0, 0.05) is 12.6 Å². The first-order valence-corrected chi connectivity index (χ1v) is 6.71. The highest BCUT2D eigenvalue weighted by molar-refractivity contribution is 7.07. The number of thiophene rings is 1. The predicted molar refractivity (Wildman–Crippen MR) is 66.3 cm³/mol. The summed E-state index contributed by atoms with van der Waals surface area (Å²) < 4.78 is 4.85. The summed E-state index contributed by atoms with van der Waals surface area (Å²) in [4.78, 5) is 24.0. The standard InChI is InChI=1S/C12H15NO4S/c14-11(6-17-7-12(15)16)13(10-1-2-10)5-9-3-4-18-8-9/h3-4,8,10H,1-2,5-7H2,(H,15,16). The zero-order valence-corrected chi connectivity index (χ0v) is 10.7. The van der Waals surface area contributed by atoms with E-state index >= 15 is 0 Å². The van der Waals surface area contributed by atoms with Gasteiger partial charge in [-0.25, -0.2) is 4.79 Å². The molecule has 1 amide bonds. The fraction of sp³-hybridized carbons (Fsp3) is 0.500. The zero-order chi connectivity index (χ0) is 13.0. The van der Waals surface area contributed by atoms with Crippen molar-refractivity contribution >= 4 is 23.2 Å². The van der Waals surface area contributed by atoms with Gasteiger partial charge in [0.1, 0.15) is 13.2 Å². The Morgan fingerprint density at radius 2 is 2.22 bits per heavy atom. The Balaban J connectivity index is 1.85. The summed E-state index contributed by atoms with van der Waals surface area (Å²) in [6, 6.07) is 2.29. The van der Waals surface area contributed by atoms with E-state index in [1.165, 1.54) is 0 Å². The molecule has 1 aliphatic rings. The number of rotatable bonds is 7. The van der Waals surface area contributed by atoms with Gasteiger partial charge in [-0.15, -0.1) is 0 Å². The van der Waals surface area contributed by atoms with Crippen LogP contribution in [0.1, 0.15) is 18.4 Å². The number of hydrogen-bond acceptors (Lipinski definition) is 4. The first kappa shape index (κ1) is 13.0. The smallest absolute Gasteiger partial charge is 0.329 e. The van der Waals surface area contributed by atoms with Crippen molar-refractivity contribution in [3.63, 3.8) is 0 Å². The van der Waals surface area contributed by atoms with Gasteiger partial charge in [0.05, 0.1) is 0 Å². The van der Waals surface area contributed by atoms with E-state index in [9.17, 15) is 9.59 Å². The topological polar surface area (TPSA) is 66.8 Å². The van der Waals surface area contributed by atoms with Crippen LogP contribution in [0.15, 0.2) is 16.8 Å². The average Bonchev–Trinajstić information content (AvgIpc) is 3.02. The second-order valence-corrected chi connectivity index (χ2v) is 5.05. The molecule has 0 spiro atoms. The van der Waals surface area contributed by atoms with Gasteiger partial charge in [-0.3, -0.25) is 4.79 Å². The Hall–Kier alpha value is -1.40. The van der Waals surface area contributed by atoms with Crippen molar-refractivity contribution in [2.24, 2.45) is 0 Å². The minimum atomic E-state index is -1.06. The van der Waals surface area contributed by atoms with Crippen molar-refractivity contribution in [3.05, 3.63) is 22.4 Å². The summed E-state index contributed by atoms with van der Waals surface area (Å²) in [5, 5.41) is 12.4. The highest BCUT2D eigenvalue weighted by atomic mass is 32.1. The summed E-state index contributed by atoms with van der Waals surface area (Å²) in [6.45, 7) is -0.000926. The summed E-state index contributed by atoms with van der Waals surface area (Å²) in [5.74, 6) is -1.19. The molecule has 18 heavy (non-hydrogen) atoms. The minimum Gasteiger partial charge on any atom is -0.480 e. The van der Waals surface area contributed by atoms with E-state index in [4.69, 9.17) is 9.84 Å². The van der Waals surface area contributed by atoms with Gasteiger partial charge in [0.2, 0.25) is 5.91 Å². The number of carbonyl (C=O) groups is 2. The van der Waals surface area contributed by atoms with E-state index in [2.05, 4.69) is 0 Å². The number of carboxylic acid groups (broad SMARTS) is 1. The van der Waals surface area contributed by atoms with E-state index in [0.717, 1.165) is 18.4 Å². The Bertz CT molecular complexity index is 414. The summed E-state index contributed by atoms with van der Waals surface area (Å²) in [6.07, 6.45) is 2.05. The normalized spacial score (nSPS) is 14.4. The molecule has 1 saturated carbocycles. The first-order valence-electron chi connectivity index (χ1n) is 5.77. The molecule has 0 saturated heterocycles. The lowest BCUT2D eigenvalue weighted by Gasteiger charge is -2.21. The Morgan fingerprint density at radius 3 is 2.78 bits per heavy atom. The van der Waals surface area contributed by atoms with E-state index in [1.807, 2.05) is 16.8 Å². The molecule has 0 aliphatic heterocycles. The molecule has 6 heteroatoms. The van der Waals surface area contributed by atoms with Crippen LogP contribution in [0.3, 0.4) is 0 Å². The summed E-state index contributed by atoms with van der Waals surface area (Å²) >= 11 is 1.60. The second kappa shape index (κ2) is 5.97. The van der Waals surface area contributed by atoms with Crippen molar-refractivity contribution in [3.8, 4) is 0 Å². The number of carbonyl (C=O) groups excluding carboxylic acids is 1. The number of hydrogen-bond donors (Lipinski definition) is 1. The SMILES string of the molecule is O=C(O)COCC(=O)N(Cc1ccsc1)C1CC1. The van der Waals surface area contributed by atoms with E-state index in [1.54, 1.807) is 16.2 Å². The van der Waals surface area contributed by atoms with Crippen LogP contribution in [-0.2, 0) is 20.9 Å². The lowest BCUT2D eigenvalue weighted by Crippen LogP contribution is -2.35. The minimum absolute atomic E-state index is 0.134. The monoisotopic (exact) mass is 269 g/mol. The molecule has 0 aromatic carbocycles. The van der Waals surface area contributed by atoms with E-state index in [0.29, 0.717) is 12.6 Å². The lowest BCUT2D eigenvalue weighted by molar-refractivity contribution is -0.146. The molecule has 2 rings (SSSR count). The number of nitrogens with zero attached hydrogens (tertiary/aromatic N) is 1. The highest BCUT2D eigenvalue weighted by Gasteiger charge is 2.32. The molecule has 0 unspecified atom stereocenters. The van der Waals surface area contributed by atoms with Gasteiger partial charge in [0.25, 0.3) is 0 Å². The molecule has 1 aliphatic carbocycles. The number of carboxylic acids is 1. The van der Waals surface area contributed by atoms with Gasteiger partial charge in [-0.05, 0) is 35.2 Å². The predicted octanol–water partition coefficient (Wildman–Crippen LogP) is 1.34. The molecule has 0 atom stereocenters. The highest BCUT2D eigenvalue weighted by Crippen LogP contribution is 2.28. The molecule has 0 bridgehead atoms. The molecule has 0 radical (unpaired) electrons. The third kappa shape index (κ3) is 3.82. The quantitative estimate of drug-likeness (QED) is 0.811. The van der Waals surface area contributed by atoms with Gasteiger partial charge >= 0.3 is 5.97 Å². The Kier molecular flexibility index (Phi) is 4.33. The van der Waals surface area contributed by atoms with Crippen molar-refractivity contribution in [1.82, 2.24) is 4.90 Å². The lowest BCUT2D eigenvalue weighted by atomic mass is 10.3. The molecular formula is C12H15NO4S. The van der Waals surface area contributed by atoms with Crippen LogP contribution in [-0.4, -0.2) is 41.1 Å². The fourth-order valence-corrected chi connectivity index (χ4v) is 2.35. The fourth-order valence-electron chi connectivity index (χ4n) is 1.69. The third-order valence-corrected chi connectivity index (χ3v) is 3.42. The van der Waals surface area contributed by atoms with Gasteiger partial charge < -0.3 is 14.7 Å². The molecular weight excluding hydrogens is 254 g/mol. The van der Waals surface area contributed by atoms with Crippen LogP contribution in [0, 0.1) is 0 Å². The zero-order valence-electron chi connectivity index (χ0n) is 9.87. The van der Waals surface area contributed by atoms with Crippen LogP contribution < -0.4 is 0 Å². The van der Waals surface area contributed by atoms with Gasteiger partial charge in [0.15, 0.2) is 0 Å². The Morgan fingerprint density at radius 1 is 1.44 bits per heavy atom. The average molecular weight is 269 g/mol. The molecule has 1 heterocycles. The number of amides is 1. The maximum Gasteiger partial charge on any atom is 0.329 e. The van der Waals surface area contributed by atoms with E-state index in [-0.39, 0.29) is 12.5 Å². The number of ether oxygens (including phenoxy) is 1. The van der Waals surface area contributed by atoms with Crippen LogP contribution >= 0.6 is 11.3 Å².